The van der Waals surface area contributed by atoms with Gasteiger partial charge in [-0.05, 0) is 47.9 Å². The van der Waals surface area contributed by atoms with Gasteiger partial charge in [-0.25, -0.2) is 9.98 Å². The molecule has 1 aromatic heterocycles. The predicted molar refractivity (Wildman–Crippen MR) is 108 cm³/mol. The molecule has 0 atom stereocenters. The molecule has 0 radical (unpaired) electrons. The molecule has 0 saturated heterocycles. The van der Waals surface area contributed by atoms with Crippen molar-refractivity contribution in [2.75, 3.05) is 7.11 Å². The maximum absolute atomic E-state index is 6.13. The van der Waals surface area contributed by atoms with Gasteiger partial charge in [0.1, 0.15) is 18.2 Å². The van der Waals surface area contributed by atoms with Gasteiger partial charge in [-0.3, -0.25) is 0 Å². The van der Waals surface area contributed by atoms with Crippen LogP contribution in [0.1, 0.15) is 16.7 Å². The van der Waals surface area contributed by atoms with Crippen LogP contribution in [0.5, 0.6) is 11.5 Å². The Morgan fingerprint density at radius 1 is 1.04 bits per heavy atom. The van der Waals surface area contributed by atoms with Gasteiger partial charge in [-0.15, -0.1) is 0 Å². The number of ether oxygens (including phenoxy) is 2. The van der Waals surface area contributed by atoms with Crippen LogP contribution < -0.4 is 15.2 Å². The molecule has 0 aliphatic heterocycles. The van der Waals surface area contributed by atoms with E-state index in [1.807, 2.05) is 54.6 Å². The first kappa shape index (κ1) is 18.5. The lowest BCUT2D eigenvalue weighted by Gasteiger charge is -2.10. The lowest BCUT2D eigenvalue weighted by molar-refractivity contribution is 0.305. The number of hydrogen-bond donors (Lipinski definition) is 1. The fraction of sp³-hybridized carbons (Fsp3) is 0.182. The minimum atomic E-state index is 0.458. The van der Waals surface area contributed by atoms with E-state index in [0.717, 1.165) is 16.9 Å². The van der Waals surface area contributed by atoms with E-state index in [1.54, 1.807) is 13.3 Å². The van der Waals surface area contributed by atoms with Gasteiger partial charge in [0.05, 0.1) is 7.11 Å². The first-order chi connectivity index (χ1) is 13.2. The molecule has 1 heterocycles. The molecule has 0 bridgehead atoms. The van der Waals surface area contributed by atoms with Crippen molar-refractivity contribution in [2.24, 2.45) is 10.7 Å². The van der Waals surface area contributed by atoms with Gasteiger partial charge in [0.25, 0.3) is 0 Å². The summed E-state index contributed by atoms with van der Waals surface area (Å²) in [6, 6.07) is 19.5. The number of hydrogen-bond acceptors (Lipinski definition) is 4. The highest BCUT2D eigenvalue weighted by Crippen LogP contribution is 2.25. The van der Waals surface area contributed by atoms with Gasteiger partial charge in [0.2, 0.25) is 0 Å². The molecule has 0 aliphatic carbocycles. The second-order valence-electron chi connectivity index (χ2n) is 6.17. The van der Waals surface area contributed by atoms with Crippen molar-refractivity contribution in [1.82, 2.24) is 4.98 Å². The fourth-order valence-corrected chi connectivity index (χ4v) is 2.63. The molecule has 2 N–H and O–H groups in total. The Bertz CT molecular complexity index is 921. The Morgan fingerprint density at radius 2 is 1.81 bits per heavy atom. The zero-order chi connectivity index (χ0) is 19.1. The molecular weight excluding hydrogens is 338 g/mol. The standard InChI is InChI=1S/C22H23N3O2/c1-16-6-3-4-7-18(16)15-27-20-8-5-13-24-22(20)25-21(23)14-17-9-11-19(26-2)12-10-17/h3-13H,14-15H2,1-2H3,(H2,23,24,25). The molecule has 138 valence electrons. The Balaban J connectivity index is 1.72. The Hall–Kier alpha value is -3.34. The van der Waals surface area contributed by atoms with E-state index in [-0.39, 0.29) is 0 Å². The third kappa shape index (κ3) is 5.07. The van der Waals surface area contributed by atoms with Crippen LogP contribution in [-0.2, 0) is 13.0 Å². The highest BCUT2D eigenvalue weighted by atomic mass is 16.5. The zero-order valence-electron chi connectivity index (χ0n) is 15.6. The molecule has 0 unspecified atom stereocenters. The highest BCUT2D eigenvalue weighted by molar-refractivity contribution is 5.85. The molecule has 0 amide bonds. The van der Waals surface area contributed by atoms with Crippen LogP contribution in [0.3, 0.4) is 0 Å². The second-order valence-corrected chi connectivity index (χ2v) is 6.17. The molecule has 2 aromatic carbocycles. The summed E-state index contributed by atoms with van der Waals surface area (Å²) in [7, 11) is 1.64. The van der Waals surface area contributed by atoms with Crippen molar-refractivity contribution in [3.8, 4) is 11.5 Å². The number of aryl methyl sites for hydroxylation is 1. The monoisotopic (exact) mass is 361 g/mol. The summed E-state index contributed by atoms with van der Waals surface area (Å²) in [5.74, 6) is 2.38. The fourth-order valence-electron chi connectivity index (χ4n) is 2.63. The van der Waals surface area contributed by atoms with Gasteiger partial charge in [0.15, 0.2) is 11.6 Å². The van der Waals surface area contributed by atoms with Crippen molar-refractivity contribution in [1.29, 1.82) is 0 Å². The number of nitrogens with two attached hydrogens (primary N) is 1. The van der Waals surface area contributed by atoms with Crippen LogP contribution >= 0.6 is 0 Å². The zero-order valence-corrected chi connectivity index (χ0v) is 15.6. The third-order valence-electron chi connectivity index (χ3n) is 4.19. The lowest BCUT2D eigenvalue weighted by Crippen LogP contribution is -2.14. The molecule has 3 aromatic rings. The van der Waals surface area contributed by atoms with Crippen molar-refractivity contribution >= 4 is 11.7 Å². The van der Waals surface area contributed by atoms with E-state index in [4.69, 9.17) is 15.2 Å². The van der Waals surface area contributed by atoms with E-state index >= 15 is 0 Å². The van der Waals surface area contributed by atoms with Crippen LogP contribution in [0.4, 0.5) is 5.82 Å². The van der Waals surface area contributed by atoms with E-state index in [2.05, 4.69) is 23.0 Å². The lowest BCUT2D eigenvalue weighted by atomic mass is 10.1. The Kier molecular flexibility index (Phi) is 6.05. The molecule has 3 rings (SSSR count). The number of pyridine rings is 1. The van der Waals surface area contributed by atoms with Crippen LogP contribution in [0.15, 0.2) is 71.9 Å². The van der Waals surface area contributed by atoms with E-state index < -0.39 is 0 Å². The summed E-state index contributed by atoms with van der Waals surface area (Å²) in [6.45, 7) is 2.52. The molecule has 0 spiro atoms. The molecule has 5 heteroatoms. The summed E-state index contributed by atoms with van der Waals surface area (Å²) in [5, 5.41) is 0. The van der Waals surface area contributed by atoms with Crippen LogP contribution in [-0.4, -0.2) is 17.9 Å². The summed E-state index contributed by atoms with van der Waals surface area (Å²) in [6.07, 6.45) is 2.21. The van der Waals surface area contributed by atoms with Crippen LogP contribution in [0, 0.1) is 6.92 Å². The van der Waals surface area contributed by atoms with Crippen molar-refractivity contribution in [3.63, 3.8) is 0 Å². The molecular formula is C22H23N3O2. The van der Waals surface area contributed by atoms with Gasteiger partial charge < -0.3 is 15.2 Å². The summed E-state index contributed by atoms with van der Waals surface area (Å²) >= 11 is 0. The Morgan fingerprint density at radius 3 is 2.56 bits per heavy atom. The quantitative estimate of drug-likeness (QED) is 0.505. The largest absolute Gasteiger partial charge is 0.497 e. The molecule has 0 aliphatic rings. The normalized spacial score (nSPS) is 11.3. The minimum Gasteiger partial charge on any atom is -0.497 e. The summed E-state index contributed by atoms with van der Waals surface area (Å²) < 4.78 is 11.1. The number of methoxy groups -OCH3 is 1. The summed E-state index contributed by atoms with van der Waals surface area (Å²) in [4.78, 5) is 8.77. The minimum absolute atomic E-state index is 0.458. The first-order valence-electron chi connectivity index (χ1n) is 8.74. The van der Waals surface area contributed by atoms with E-state index in [9.17, 15) is 0 Å². The SMILES string of the molecule is COc1ccc(CC(N)=Nc2ncccc2OCc2ccccc2C)cc1. The number of rotatable bonds is 7. The summed E-state index contributed by atoms with van der Waals surface area (Å²) in [5.41, 5.74) is 9.50. The first-order valence-corrected chi connectivity index (χ1v) is 8.74. The number of amidine groups is 1. The van der Waals surface area contributed by atoms with Crippen molar-refractivity contribution in [2.45, 2.75) is 20.0 Å². The second kappa shape index (κ2) is 8.85. The highest BCUT2D eigenvalue weighted by Gasteiger charge is 2.07. The predicted octanol–water partition coefficient (Wildman–Crippen LogP) is 4.21. The topological polar surface area (TPSA) is 69.7 Å². The molecule has 5 nitrogen and oxygen atoms in total. The van der Waals surface area contributed by atoms with Gasteiger partial charge in [-0.2, -0.15) is 0 Å². The Labute approximate surface area is 159 Å². The van der Waals surface area contributed by atoms with Crippen LogP contribution in [0.25, 0.3) is 0 Å². The number of nitrogens with zero attached hydrogens (tertiary/aromatic N) is 2. The van der Waals surface area contributed by atoms with E-state index in [0.29, 0.717) is 30.4 Å². The smallest absolute Gasteiger partial charge is 0.196 e. The van der Waals surface area contributed by atoms with E-state index in [1.165, 1.54) is 5.56 Å². The maximum Gasteiger partial charge on any atom is 0.196 e. The molecule has 0 saturated carbocycles. The maximum atomic E-state index is 6.13. The van der Waals surface area contributed by atoms with Crippen LogP contribution in [0.2, 0.25) is 0 Å². The van der Waals surface area contributed by atoms with Gasteiger partial charge in [0, 0.05) is 12.6 Å². The number of aromatic nitrogens is 1. The number of benzene rings is 2. The molecule has 27 heavy (non-hydrogen) atoms. The third-order valence-corrected chi connectivity index (χ3v) is 4.19. The molecule has 0 fully saturated rings. The number of aliphatic imine (C=N–C) groups is 1. The van der Waals surface area contributed by atoms with Gasteiger partial charge in [-0.1, -0.05) is 36.4 Å². The van der Waals surface area contributed by atoms with Crippen molar-refractivity contribution in [3.05, 3.63) is 83.6 Å². The average molecular weight is 361 g/mol. The van der Waals surface area contributed by atoms with Gasteiger partial charge >= 0.3 is 0 Å². The average Bonchev–Trinajstić information content (AvgIpc) is 2.69. The van der Waals surface area contributed by atoms with Crippen molar-refractivity contribution < 1.29 is 9.47 Å².